The topological polar surface area (TPSA) is 74.2 Å². The highest BCUT2D eigenvalue weighted by Gasteiger charge is 2.23. The van der Waals surface area contributed by atoms with Crippen molar-refractivity contribution in [2.45, 2.75) is 6.92 Å². The molecular weight excluding hydrogens is 371 g/mol. The molecule has 1 aliphatic rings. The number of carbonyl (C=O) groups excluding carboxylic acids is 1. The van der Waals surface area contributed by atoms with Crippen LogP contribution >= 0.6 is 0 Å². The molecule has 1 aliphatic heterocycles. The van der Waals surface area contributed by atoms with Crippen LogP contribution < -0.4 is 10.2 Å². The van der Waals surface area contributed by atoms with E-state index in [0.29, 0.717) is 43.1 Å². The number of aryl methyl sites for hydroxylation is 1. The number of pyridine rings is 1. The van der Waals surface area contributed by atoms with Gasteiger partial charge in [0.25, 0.3) is 5.91 Å². The minimum Gasteiger partial charge on any atom is -0.352 e. The molecule has 148 valence electrons. The van der Waals surface area contributed by atoms with E-state index in [-0.39, 0.29) is 11.7 Å². The molecule has 3 aromatic rings. The van der Waals surface area contributed by atoms with Crippen molar-refractivity contribution in [3.05, 3.63) is 71.8 Å². The van der Waals surface area contributed by atoms with Crippen LogP contribution in [0, 0.1) is 12.7 Å². The lowest BCUT2D eigenvalue weighted by Crippen LogP contribution is -2.49. The van der Waals surface area contributed by atoms with Gasteiger partial charge in [-0.25, -0.2) is 4.39 Å². The average molecular weight is 392 g/mol. The summed E-state index contributed by atoms with van der Waals surface area (Å²) in [7, 11) is 0. The first-order valence-corrected chi connectivity index (χ1v) is 9.41. The first kappa shape index (κ1) is 18.8. The van der Waals surface area contributed by atoms with Crippen LogP contribution in [0.5, 0.6) is 0 Å². The number of carbonyl (C=O) groups is 1. The second-order valence-corrected chi connectivity index (χ2v) is 6.88. The average Bonchev–Trinajstić information content (AvgIpc) is 2.77. The molecule has 4 rings (SSSR count). The van der Waals surface area contributed by atoms with Gasteiger partial charge in [0.15, 0.2) is 11.6 Å². The smallest absolute Gasteiger partial charge is 0.254 e. The zero-order valence-corrected chi connectivity index (χ0v) is 16.0. The molecule has 0 unspecified atom stereocenters. The van der Waals surface area contributed by atoms with Gasteiger partial charge in [0.05, 0.1) is 0 Å². The molecule has 0 spiro atoms. The molecular formula is C21H21FN6O. The number of piperazine rings is 1. The number of hydrogen-bond donors (Lipinski definition) is 1. The SMILES string of the molecule is Cc1ccc(C(=O)N2CCN(c3ccc(Nc4ccncc4)nn3)CC2)cc1F. The van der Waals surface area contributed by atoms with Crippen LogP contribution in [0.2, 0.25) is 0 Å². The third kappa shape index (κ3) is 4.31. The molecule has 1 aromatic carbocycles. The molecule has 8 heteroatoms. The number of amides is 1. The lowest BCUT2D eigenvalue weighted by molar-refractivity contribution is 0.0746. The minimum absolute atomic E-state index is 0.147. The highest BCUT2D eigenvalue weighted by atomic mass is 19.1. The van der Waals surface area contributed by atoms with Crippen LogP contribution in [0.25, 0.3) is 0 Å². The highest BCUT2D eigenvalue weighted by Crippen LogP contribution is 2.18. The lowest BCUT2D eigenvalue weighted by atomic mass is 10.1. The zero-order valence-electron chi connectivity index (χ0n) is 16.0. The van der Waals surface area contributed by atoms with Gasteiger partial charge in [-0.05, 0) is 48.9 Å². The van der Waals surface area contributed by atoms with Crippen molar-refractivity contribution in [2.75, 3.05) is 36.4 Å². The van der Waals surface area contributed by atoms with Crippen molar-refractivity contribution in [3.8, 4) is 0 Å². The van der Waals surface area contributed by atoms with Crippen molar-refractivity contribution in [1.82, 2.24) is 20.1 Å². The maximum Gasteiger partial charge on any atom is 0.254 e. The van der Waals surface area contributed by atoms with Gasteiger partial charge in [0.1, 0.15) is 5.82 Å². The molecule has 1 fully saturated rings. The van der Waals surface area contributed by atoms with Crippen molar-refractivity contribution >= 4 is 23.2 Å². The second-order valence-electron chi connectivity index (χ2n) is 6.88. The summed E-state index contributed by atoms with van der Waals surface area (Å²) in [6, 6.07) is 12.1. The fraction of sp³-hybridized carbons (Fsp3) is 0.238. The Labute approximate surface area is 168 Å². The molecule has 1 N–H and O–H groups in total. The van der Waals surface area contributed by atoms with Gasteiger partial charge in [0.2, 0.25) is 0 Å². The third-order valence-corrected chi connectivity index (χ3v) is 4.91. The number of nitrogens with one attached hydrogen (secondary N) is 1. The summed E-state index contributed by atoms with van der Waals surface area (Å²) < 4.78 is 13.8. The number of hydrogen-bond acceptors (Lipinski definition) is 6. The molecule has 0 radical (unpaired) electrons. The van der Waals surface area contributed by atoms with Crippen LogP contribution in [0.1, 0.15) is 15.9 Å². The fourth-order valence-electron chi connectivity index (χ4n) is 3.19. The molecule has 1 amide bonds. The van der Waals surface area contributed by atoms with Gasteiger partial charge >= 0.3 is 0 Å². The van der Waals surface area contributed by atoms with Crippen LogP contribution in [-0.2, 0) is 0 Å². The Morgan fingerprint density at radius 2 is 1.76 bits per heavy atom. The van der Waals surface area contributed by atoms with Gasteiger partial charge in [-0.3, -0.25) is 9.78 Å². The Hall–Kier alpha value is -3.55. The molecule has 0 aliphatic carbocycles. The maximum atomic E-state index is 13.8. The van der Waals surface area contributed by atoms with Crippen molar-refractivity contribution in [2.24, 2.45) is 0 Å². The lowest BCUT2D eigenvalue weighted by Gasteiger charge is -2.35. The van der Waals surface area contributed by atoms with Gasteiger partial charge < -0.3 is 15.1 Å². The highest BCUT2D eigenvalue weighted by molar-refractivity contribution is 5.94. The molecule has 0 saturated carbocycles. The maximum absolute atomic E-state index is 13.8. The van der Waals surface area contributed by atoms with E-state index in [1.807, 2.05) is 24.3 Å². The predicted molar refractivity (Wildman–Crippen MR) is 109 cm³/mol. The molecule has 3 heterocycles. The minimum atomic E-state index is -0.356. The van der Waals surface area contributed by atoms with E-state index in [1.165, 1.54) is 6.07 Å². The molecule has 29 heavy (non-hydrogen) atoms. The summed E-state index contributed by atoms with van der Waals surface area (Å²) in [5.74, 6) is 0.908. The van der Waals surface area contributed by atoms with E-state index < -0.39 is 0 Å². The molecule has 2 aromatic heterocycles. The molecule has 1 saturated heterocycles. The number of rotatable bonds is 4. The largest absolute Gasteiger partial charge is 0.352 e. The van der Waals surface area contributed by atoms with Crippen molar-refractivity contribution < 1.29 is 9.18 Å². The fourth-order valence-corrected chi connectivity index (χ4v) is 3.19. The first-order chi connectivity index (χ1) is 14.1. The summed E-state index contributed by atoms with van der Waals surface area (Å²) in [4.78, 5) is 20.4. The number of aromatic nitrogens is 3. The first-order valence-electron chi connectivity index (χ1n) is 9.41. The monoisotopic (exact) mass is 392 g/mol. The van der Waals surface area contributed by atoms with Crippen molar-refractivity contribution in [3.63, 3.8) is 0 Å². The van der Waals surface area contributed by atoms with Crippen molar-refractivity contribution in [1.29, 1.82) is 0 Å². The predicted octanol–water partition coefficient (Wildman–Crippen LogP) is 3.03. The normalized spacial score (nSPS) is 14.0. The van der Waals surface area contributed by atoms with Gasteiger partial charge in [-0.2, -0.15) is 0 Å². The summed E-state index contributed by atoms with van der Waals surface area (Å²) >= 11 is 0. The third-order valence-electron chi connectivity index (χ3n) is 4.91. The van der Waals surface area contributed by atoms with Gasteiger partial charge in [-0.15, -0.1) is 10.2 Å². The van der Waals surface area contributed by atoms with Crippen LogP contribution in [0.15, 0.2) is 54.9 Å². The van der Waals surface area contributed by atoms with E-state index in [0.717, 1.165) is 11.5 Å². The number of benzene rings is 1. The summed E-state index contributed by atoms with van der Waals surface area (Å²) in [6.45, 7) is 4.07. The number of halogens is 1. The molecule has 0 atom stereocenters. The number of anilines is 3. The molecule has 7 nitrogen and oxygen atoms in total. The quantitative estimate of drug-likeness (QED) is 0.736. The number of nitrogens with zero attached hydrogens (tertiary/aromatic N) is 5. The van der Waals surface area contributed by atoms with E-state index in [9.17, 15) is 9.18 Å². The molecule has 0 bridgehead atoms. The van der Waals surface area contributed by atoms with E-state index in [4.69, 9.17) is 0 Å². The Bertz CT molecular complexity index is 988. The summed E-state index contributed by atoms with van der Waals surface area (Å²) in [5.41, 5.74) is 1.81. The Kier molecular flexibility index (Phi) is 5.33. The second kappa shape index (κ2) is 8.22. The zero-order chi connectivity index (χ0) is 20.2. The van der Waals surface area contributed by atoms with Gasteiger partial charge in [-0.1, -0.05) is 6.07 Å². The Morgan fingerprint density at radius 3 is 2.41 bits per heavy atom. The van der Waals surface area contributed by atoms with Crippen LogP contribution in [0.3, 0.4) is 0 Å². The standard InChI is InChI=1S/C21H21FN6O/c1-15-2-3-16(14-18(15)22)21(29)28-12-10-27(11-13-28)20-5-4-19(25-26-20)24-17-6-8-23-9-7-17/h2-9,14H,10-13H2,1H3,(H,23,24,25). The summed E-state index contributed by atoms with van der Waals surface area (Å²) in [6.07, 6.45) is 3.41. The van der Waals surface area contributed by atoms with Gasteiger partial charge in [0, 0.05) is 49.8 Å². The van der Waals surface area contributed by atoms with E-state index in [2.05, 4.69) is 25.4 Å². The Balaban J connectivity index is 1.35. The summed E-state index contributed by atoms with van der Waals surface area (Å²) in [5, 5.41) is 11.7. The Morgan fingerprint density at radius 1 is 1.00 bits per heavy atom. The van der Waals surface area contributed by atoms with E-state index in [1.54, 1.807) is 36.4 Å². The van der Waals surface area contributed by atoms with E-state index >= 15 is 0 Å². The van der Waals surface area contributed by atoms with Crippen LogP contribution in [-0.4, -0.2) is 52.2 Å². The van der Waals surface area contributed by atoms with Crippen LogP contribution in [0.4, 0.5) is 21.7 Å².